The first-order valence-corrected chi connectivity index (χ1v) is 11.3. The minimum absolute atomic E-state index is 0.0983. The zero-order valence-corrected chi connectivity index (χ0v) is 19.3. The first kappa shape index (κ1) is 23.9. The van der Waals surface area contributed by atoms with E-state index in [1.54, 1.807) is 24.4 Å². The molecule has 0 radical (unpaired) electrons. The molecule has 0 aliphatic heterocycles. The van der Waals surface area contributed by atoms with E-state index in [0.29, 0.717) is 17.0 Å². The van der Waals surface area contributed by atoms with Crippen LogP contribution in [0.15, 0.2) is 59.5 Å². The Balaban J connectivity index is 1.92. The third-order valence-electron chi connectivity index (χ3n) is 4.93. The third-order valence-corrected chi connectivity index (χ3v) is 5.83. The lowest BCUT2D eigenvalue weighted by Crippen LogP contribution is -2.16. The summed E-state index contributed by atoms with van der Waals surface area (Å²) < 4.78 is 18.5. The summed E-state index contributed by atoms with van der Waals surface area (Å²) in [6, 6.07) is 15.2. The minimum Gasteiger partial charge on any atom is -0.462 e. The van der Waals surface area contributed by atoms with Crippen molar-refractivity contribution in [3.63, 3.8) is 0 Å². The Morgan fingerprint density at radius 3 is 2.39 bits per heavy atom. The molecule has 33 heavy (non-hydrogen) atoms. The van der Waals surface area contributed by atoms with Crippen molar-refractivity contribution in [3.05, 3.63) is 82.0 Å². The van der Waals surface area contributed by atoms with Crippen molar-refractivity contribution in [2.75, 3.05) is 11.9 Å². The van der Waals surface area contributed by atoms with E-state index in [2.05, 4.69) is 19.2 Å². The number of nitrogens with one attached hydrogen (secondary N) is 1. The maximum absolute atomic E-state index is 13.3. The summed E-state index contributed by atoms with van der Waals surface area (Å²) in [5.74, 6) is -1.27. The number of thiophene rings is 1. The van der Waals surface area contributed by atoms with Gasteiger partial charge >= 0.3 is 5.97 Å². The van der Waals surface area contributed by atoms with Crippen LogP contribution in [-0.2, 0) is 9.53 Å². The number of amides is 1. The fourth-order valence-electron chi connectivity index (χ4n) is 3.16. The molecule has 168 valence electrons. The van der Waals surface area contributed by atoms with Crippen LogP contribution >= 0.6 is 11.3 Å². The van der Waals surface area contributed by atoms with Gasteiger partial charge in [0.25, 0.3) is 5.91 Å². The maximum atomic E-state index is 13.3. The van der Waals surface area contributed by atoms with Crippen LogP contribution in [0.25, 0.3) is 17.2 Å². The molecule has 0 bridgehead atoms. The summed E-state index contributed by atoms with van der Waals surface area (Å²) in [5.41, 5.74) is 3.06. The molecular weight excluding hydrogens is 439 g/mol. The van der Waals surface area contributed by atoms with Crippen molar-refractivity contribution in [2.45, 2.75) is 26.7 Å². The quantitative estimate of drug-likeness (QED) is 0.250. The molecule has 3 rings (SSSR count). The van der Waals surface area contributed by atoms with Crippen molar-refractivity contribution in [1.29, 1.82) is 5.26 Å². The molecule has 0 aliphatic carbocycles. The second kappa shape index (κ2) is 10.7. The zero-order chi connectivity index (χ0) is 24.0. The molecule has 1 N–H and O–H groups in total. The van der Waals surface area contributed by atoms with E-state index < -0.39 is 17.7 Å². The van der Waals surface area contributed by atoms with Gasteiger partial charge in [-0.05, 0) is 47.7 Å². The number of benzene rings is 2. The number of rotatable bonds is 7. The highest BCUT2D eigenvalue weighted by molar-refractivity contribution is 7.15. The molecule has 0 unspecified atom stereocenters. The van der Waals surface area contributed by atoms with Crippen LogP contribution in [0, 0.1) is 17.1 Å². The molecule has 1 heterocycles. The first-order chi connectivity index (χ1) is 15.8. The third kappa shape index (κ3) is 5.73. The van der Waals surface area contributed by atoms with Gasteiger partial charge in [-0.2, -0.15) is 5.26 Å². The summed E-state index contributed by atoms with van der Waals surface area (Å²) in [5, 5.41) is 14.2. The van der Waals surface area contributed by atoms with Crippen LogP contribution in [-0.4, -0.2) is 18.5 Å². The summed E-state index contributed by atoms with van der Waals surface area (Å²) >= 11 is 1.13. The standard InChI is InChI=1S/C26H23FN2O3S/c1-4-32-26(31)23-22(19-9-11-21(27)12-10-19)15-33-25(23)29-24(30)20(14-28)13-17-5-7-18(8-6-17)16(2)3/h5-13,15-16H,4H2,1-3H3,(H,29,30)/b20-13+. The van der Waals surface area contributed by atoms with Crippen molar-refractivity contribution >= 4 is 34.3 Å². The van der Waals surface area contributed by atoms with Crippen LogP contribution in [0.5, 0.6) is 0 Å². The van der Waals surface area contributed by atoms with Crippen LogP contribution in [0.2, 0.25) is 0 Å². The monoisotopic (exact) mass is 462 g/mol. The highest BCUT2D eigenvalue weighted by Gasteiger charge is 2.23. The van der Waals surface area contributed by atoms with E-state index in [1.165, 1.54) is 18.2 Å². The van der Waals surface area contributed by atoms with Gasteiger partial charge in [-0.15, -0.1) is 11.3 Å². The lowest BCUT2D eigenvalue weighted by molar-refractivity contribution is -0.112. The smallest absolute Gasteiger partial charge is 0.341 e. The first-order valence-electron chi connectivity index (χ1n) is 10.4. The van der Waals surface area contributed by atoms with Crippen LogP contribution < -0.4 is 5.32 Å². The lowest BCUT2D eigenvalue weighted by Gasteiger charge is -2.09. The Hall–Kier alpha value is -3.76. The number of anilines is 1. The van der Waals surface area contributed by atoms with Crippen molar-refractivity contribution < 1.29 is 18.7 Å². The van der Waals surface area contributed by atoms with E-state index in [-0.39, 0.29) is 22.7 Å². The van der Waals surface area contributed by atoms with E-state index in [4.69, 9.17) is 4.74 Å². The van der Waals surface area contributed by atoms with Gasteiger partial charge in [0.15, 0.2) is 0 Å². The number of nitrogens with zero attached hydrogens (tertiary/aromatic N) is 1. The second-order valence-electron chi connectivity index (χ2n) is 7.53. The second-order valence-corrected chi connectivity index (χ2v) is 8.41. The van der Waals surface area contributed by atoms with Crippen molar-refractivity contribution in [1.82, 2.24) is 0 Å². The highest BCUT2D eigenvalue weighted by atomic mass is 32.1. The molecule has 0 aliphatic rings. The van der Waals surface area contributed by atoms with Gasteiger partial charge in [0, 0.05) is 10.9 Å². The van der Waals surface area contributed by atoms with Gasteiger partial charge in [-0.3, -0.25) is 4.79 Å². The average Bonchev–Trinajstić information content (AvgIpc) is 3.21. The zero-order valence-electron chi connectivity index (χ0n) is 18.5. The Morgan fingerprint density at radius 2 is 1.82 bits per heavy atom. The Bertz CT molecular complexity index is 1220. The number of ether oxygens (including phenoxy) is 1. The molecule has 5 nitrogen and oxygen atoms in total. The minimum atomic E-state index is -0.636. The summed E-state index contributed by atoms with van der Waals surface area (Å²) in [6.07, 6.45) is 1.50. The maximum Gasteiger partial charge on any atom is 0.341 e. The molecule has 2 aromatic carbocycles. The number of nitriles is 1. The summed E-state index contributed by atoms with van der Waals surface area (Å²) in [4.78, 5) is 25.5. The normalized spacial score (nSPS) is 11.2. The molecule has 0 atom stereocenters. The number of hydrogen-bond donors (Lipinski definition) is 1. The van der Waals surface area contributed by atoms with Crippen molar-refractivity contribution in [3.8, 4) is 17.2 Å². The van der Waals surface area contributed by atoms with Gasteiger partial charge < -0.3 is 10.1 Å². The Kier molecular flexibility index (Phi) is 7.75. The van der Waals surface area contributed by atoms with Crippen LogP contribution in [0.4, 0.5) is 9.39 Å². The van der Waals surface area contributed by atoms with E-state index in [9.17, 15) is 19.2 Å². The molecule has 0 spiro atoms. The van der Waals surface area contributed by atoms with Crippen LogP contribution in [0.1, 0.15) is 48.2 Å². The highest BCUT2D eigenvalue weighted by Crippen LogP contribution is 2.36. The summed E-state index contributed by atoms with van der Waals surface area (Å²) in [7, 11) is 0. The topological polar surface area (TPSA) is 79.2 Å². The molecular formula is C26H23FN2O3S. The number of esters is 1. The number of carbonyl (C=O) groups excluding carboxylic acids is 2. The van der Waals surface area contributed by atoms with E-state index >= 15 is 0 Å². The van der Waals surface area contributed by atoms with E-state index in [1.807, 2.05) is 30.3 Å². The number of halogens is 1. The van der Waals surface area contributed by atoms with Crippen LogP contribution in [0.3, 0.4) is 0 Å². The molecule has 0 fully saturated rings. The molecule has 1 amide bonds. The molecule has 1 aromatic heterocycles. The largest absolute Gasteiger partial charge is 0.462 e. The molecule has 3 aromatic rings. The SMILES string of the molecule is CCOC(=O)c1c(-c2ccc(F)cc2)csc1NC(=O)/C(C#N)=C/c1ccc(C(C)C)cc1. The fraction of sp³-hybridized carbons (Fsp3) is 0.192. The predicted octanol–water partition coefficient (Wildman–Crippen LogP) is 6.40. The molecule has 7 heteroatoms. The molecule has 0 saturated heterocycles. The van der Waals surface area contributed by atoms with Gasteiger partial charge in [0.05, 0.1) is 6.61 Å². The van der Waals surface area contributed by atoms with Gasteiger partial charge in [0.2, 0.25) is 0 Å². The number of carbonyl (C=O) groups is 2. The van der Waals surface area contributed by atoms with Gasteiger partial charge in [0.1, 0.15) is 28.0 Å². The lowest BCUT2D eigenvalue weighted by atomic mass is 10.0. The average molecular weight is 463 g/mol. The Labute approximate surface area is 196 Å². The van der Waals surface area contributed by atoms with Crippen molar-refractivity contribution in [2.24, 2.45) is 0 Å². The van der Waals surface area contributed by atoms with Gasteiger partial charge in [-0.25, -0.2) is 9.18 Å². The fourth-order valence-corrected chi connectivity index (χ4v) is 4.11. The Morgan fingerprint density at radius 1 is 1.15 bits per heavy atom. The molecule has 0 saturated carbocycles. The van der Waals surface area contributed by atoms with E-state index in [0.717, 1.165) is 22.5 Å². The predicted molar refractivity (Wildman–Crippen MR) is 128 cm³/mol. The van der Waals surface area contributed by atoms with Gasteiger partial charge in [-0.1, -0.05) is 50.2 Å². The summed E-state index contributed by atoms with van der Waals surface area (Å²) in [6.45, 7) is 6.00. The number of hydrogen-bond acceptors (Lipinski definition) is 5.